The first-order valence-corrected chi connectivity index (χ1v) is 2.86. The van der Waals surface area contributed by atoms with E-state index in [1.807, 2.05) is 0 Å². The Morgan fingerprint density at radius 3 is 1.85 bits per heavy atom. The topological polar surface area (TPSA) is 49.4 Å². The number of carboxylic acids is 1. The number of aliphatic carboxylic acids is 1. The molecule has 72 valence electrons. The first-order chi connectivity index (χ1) is 5.25. The maximum atomic E-state index is 12.4. The van der Waals surface area contributed by atoms with Gasteiger partial charge in [0.05, 0.1) is 0 Å². The maximum absolute atomic E-state index is 12.4. The summed E-state index contributed by atoms with van der Waals surface area (Å²) in [6.07, 6.45) is -5.62. The Hall–Kier alpha value is 0.786. The third kappa shape index (κ3) is 3.80. The van der Waals surface area contributed by atoms with Gasteiger partial charge < -0.3 is 14.6 Å². The molecule has 0 spiro atoms. The third-order valence-electron chi connectivity index (χ3n) is 0.970. The fourth-order valence-corrected chi connectivity index (χ4v) is 0.455. The maximum Gasteiger partial charge on any atom is 1.00 e. The summed E-state index contributed by atoms with van der Waals surface area (Å²) in [5.41, 5.74) is 0. The van der Waals surface area contributed by atoms with Crippen molar-refractivity contribution in [3.63, 3.8) is 0 Å². The van der Waals surface area contributed by atoms with E-state index in [-0.39, 0.29) is 51.4 Å². The van der Waals surface area contributed by atoms with Crippen molar-refractivity contribution in [2.24, 2.45) is 0 Å². The van der Waals surface area contributed by atoms with Gasteiger partial charge in [-0.25, -0.2) is 0 Å². The van der Waals surface area contributed by atoms with Gasteiger partial charge in [-0.05, 0) is 6.92 Å². The molecule has 3 nitrogen and oxygen atoms in total. The van der Waals surface area contributed by atoms with Crippen molar-refractivity contribution in [3.8, 4) is 0 Å². The molecule has 0 heterocycles. The van der Waals surface area contributed by atoms with Gasteiger partial charge in [0.15, 0.2) is 0 Å². The van der Waals surface area contributed by atoms with Gasteiger partial charge in [0, 0.05) is 6.61 Å². The minimum atomic E-state index is -5.62. The molecule has 1 atom stereocenters. The van der Waals surface area contributed by atoms with Crippen molar-refractivity contribution >= 4 is 5.97 Å². The SMILES string of the molecule is CCOC(F)(C(=O)[O-])C(F)(F)F.[K+]. The Morgan fingerprint density at radius 1 is 1.38 bits per heavy atom. The second-order valence-electron chi connectivity index (χ2n) is 1.81. The summed E-state index contributed by atoms with van der Waals surface area (Å²) in [5, 5.41) is 9.73. The molecule has 0 N–H and O–H groups in total. The molecule has 0 radical (unpaired) electrons. The van der Waals surface area contributed by atoms with E-state index >= 15 is 0 Å². The van der Waals surface area contributed by atoms with Crippen molar-refractivity contribution in [1.82, 2.24) is 0 Å². The predicted molar refractivity (Wildman–Crippen MR) is 26.5 cm³/mol. The number of hydrogen-bond acceptors (Lipinski definition) is 3. The van der Waals surface area contributed by atoms with E-state index in [0.717, 1.165) is 6.92 Å². The van der Waals surface area contributed by atoms with Crippen molar-refractivity contribution < 1.29 is 83.6 Å². The van der Waals surface area contributed by atoms with Crippen molar-refractivity contribution in [2.45, 2.75) is 19.0 Å². The molecule has 0 aliphatic heterocycles. The van der Waals surface area contributed by atoms with Gasteiger partial charge in [-0.3, -0.25) is 0 Å². The minimum absolute atomic E-state index is 0. The molecule has 0 aromatic heterocycles. The molecule has 8 heteroatoms. The summed E-state index contributed by atoms with van der Waals surface area (Å²) in [6, 6.07) is 0. The normalized spacial score (nSPS) is 15.8. The number of carboxylic acid groups (broad SMARTS) is 1. The van der Waals surface area contributed by atoms with Gasteiger partial charge in [-0.2, -0.15) is 17.6 Å². The number of carbonyl (C=O) groups is 1. The molecule has 1 unspecified atom stereocenters. The first kappa shape index (κ1) is 16.2. The molecule has 0 aliphatic rings. The zero-order chi connectivity index (χ0) is 9.99. The van der Waals surface area contributed by atoms with Crippen molar-refractivity contribution in [3.05, 3.63) is 0 Å². The first-order valence-electron chi connectivity index (χ1n) is 2.86. The molecule has 0 saturated carbocycles. The van der Waals surface area contributed by atoms with E-state index in [9.17, 15) is 27.5 Å². The van der Waals surface area contributed by atoms with E-state index in [1.165, 1.54) is 0 Å². The monoisotopic (exact) mass is 228 g/mol. The fraction of sp³-hybridized carbons (Fsp3) is 0.800. The molecule has 0 fully saturated rings. The van der Waals surface area contributed by atoms with Gasteiger partial charge in [0.25, 0.3) is 0 Å². The van der Waals surface area contributed by atoms with Crippen LogP contribution in [0.15, 0.2) is 0 Å². The van der Waals surface area contributed by atoms with Crippen LogP contribution >= 0.6 is 0 Å². The van der Waals surface area contributed by atoms with Crippen LogP contribution < -0.4 is 56.5 Å². The number of ether oxygens (including phenoxy) is 1. The Balaban J connectivity index is 0. The Bertz CT molecular complexity index is 183. The Labute approximate surface area is 114 Å². The summed E-state index contributed by atoms with van der Waals surface area (Å²) >= 11 is 0. The van der Waals surface area contributed by atoms with Crippen LogP contribution in [0.3, 0.4) is 0 Å². The average molecular weight is 228 g/mol. The summed E-state index contributed by atoms with van der Waals surface area (Å²) in [5.74, 6) is -7.65. The van der Waals surface area contributed by atoms with Gasteiger partial charge in [0.2, 0.25) is 0 Å². The van der Waals surface area contributed by atoms with Gasteiger partial charge >= 0.3 is 63.4 Å². The molecule has 0 rings (SSSR count). The second kappa shape index (κ2) is 5.61. The Kier molecular flexibility index (Phi) is 7.01. The molecule has 0 bridgehead atoms. The quantitative estimate of drug-likeness (QED) is 0.382. The van der Waals surface area contributed by atoms with Gasteiger partial charge in [-0.15, -0.1) is 0 Å². The number of rotatable bonds is 3. The van der Waals surface area contributed by atoms with Crippen LogP contribution in [0.25, 0.3) is 0 Å². The van der Waals surface area contributed by atoms with Crippen LogP contribution in [-0.4, -0.2) is 24.6 Å². The summed E-state index contributed by atoms with van der Waals surface area (Å²) in [7, 11) is 0. The molecule has 0 amide bonds. The molecular weight excluding hydrogens is 223 g/mol. The number of halogens is 4. The number of alkyl halides is 4. The second-order valence-corrected chi connectivity index (χ2v) is 1.81. The smallest absolute Gasteiger partial charge is 0.544 e. The molecule has 0 aliphatic carbocycles. The van der Waals surface area contributed by atoms with Crippen LogP contribution in [0.1, 0.15) is 6.92 Å². The van der Waals surface area contributed by atoms with Crippen LogP contribution in [-0.2, 0) is 9.53 Å². The van der Waals surface area contributed by atoms with E-state index in [4.69, 9.17) is 0 Å². The van der Waals surface area contributed by atoms with Gasteiger partial charge in [0.1, 0.15) is 5.97 Å². The predicted octanol–water partition coefficient (Wildman–Crippen LogP) is -3.00. The molecule has 0 aromatic carbocycles. The molecule has 13 heavy (non-hydrogen) atoms. The van der Waals surface area contributed by atoms with Crippen LogP contribution in [0, 0.1) is 0 Å². The van der Waals surface area contributed by atoms with Crippen molar-refractivity contribution in [2.75, 3.05) is 6.61 Å². The van der Waals surface area contributed by atoms with E-state index in [2.05, 4.69) is 4.74 Å². The van der Waals surface area contributed by atoms with Crippen LogP contribution in [0.5, 0.6) is 0 Å². The van der Waals surface area contributed by atoms with E-state index in [0.29, 0.717) is 0 Å². The standard InChI is InChI=1S/C5H6F4O3.K/c1-2-12-4(6,3(10)11)5(7,8)9;/h2H2,1H3,(H,10,11);/q;+1/p-1. The minimum Gasteiger partial charge on any atom is -0.544 e. The molecule has 0 aromatic rings. The average Bonchev–Trinajstić information content (AvgIpc) is 1.85. The fourth-order valence-electron chi connectivity index (χ4n) is 0.455. The third-order valence-corrected chi connectivity index (χ3v) is 0.970. The molecule has 0 saturated heterocycles. The zero-order valence-electron chi connectivity index (χ0n) is 6.94. The van der Waals surface area contributed by atoms with E-state index in [1.54, 1.807) is 0 Å². The Morgan fingerprint density at radius 2 is 1.77 bits per heavy atom. The van der Waals surface area contributed by atoms with Gasteiger partial charge in [-0.1, -0.05) is 0 Å². The van der Waals surface area contributed by atoms with Crippen LogP contribution in [0.2, 0.25) is 0 Å². The summed E-state index contributed by atoms with van der Waals surface area (Å²) in [6.45, 7) is 0.312. The number of hydrogen-bond donors (Lipinski definition) is 0. The largest absolute Gasteiger partial charge is 1.00 e. The summed E-state index contributed by atoms with van der Waals surface area (Å²) < 4.78 is 50.7. The molecular formula is C5H5F4KO3. The number of carbonyl (C=O) groups excluding carboxylic acids is 1. The van der Waals surface area contributed by atoms with Crippen LogP contribution in [0.4, 0.5) is 17.6 Å². The zero-order valence-corrected chi connectivity index (χ0v) is 10.1. The van der Waals surface area contributed by atoms with E-state index < -0.39 is 24.6 Å². The summed E-state index contributed by atoms with van der Waals surface area (Å²) in [4.78, 5) is 9.73. The van der Waals surface area contributed by atoms with Crippen molar-refractivity contribution in [1.29, 1.82) is 0 Å².